The summed E-state index contributed by atoms with van der Waals surface area (Å²) in [7, 11) is 0. The SMILES string of the molecule is C=CCC1(c2ccccc2)CN(C(=O)Nc2ccc(OC(F)(F)F)cc2)N=C1c1ccc(C(F)(F)F)c(Cl)c1. The third kappa shape index (κ3) is 6.19. The van der Waals surface area contributed by atoms with Gasteiger partial charge in [-0.25, -0.2) is 9.80 Å². The largest absolute Gasteiger partial charge is 0.573 e. The number of amides is 2. The van der Waals surface area contributed by atoms with Gasteiger partial charge < -0.3 is 10.1 Å². The summed E-state index contributed by atoms with van der Waals surface area (Å²) in [5.41, 5.74) is -0.495. The third-order valence-electron chi connectivity index (χ3n) is 6.03. The van der Waals surface area contributed by atoms with E-state index in [0.29, 0.717) is 5.71 Å². The van der Waals surface area contributed by atoms with Gasteiger partial charge in [0, 0.05) is 11.3 Å². The predicted molar refractivity (Wildman–Crippen MR) is 135 cm³/mol. The summed E-state index contributed by atoms with van der Waals surface area (Å²) in [6, 6.07) is 16.1. The quantitative estimate of drug-likeness (QED) is 0.242. The highest BCUT2D eigenvalue weighted by atomic mass is 35.5. The molecule has 1 unspecified atom stereocenters. The number of carbonyl (C=O) groups is 1. The number of halogens is 7. The van der Waals surface area contributed by atoms with Gasteiger partial charge in [-0.1, -0.05) is 54.1 Å². The van der Waals surface area contributed by atoms with Gasteiger partial charge in [-0.05, 0) is 48.4 Å². The molecule has 1 aliphatic heterocycles. The fourth-order valence-corrected chi connectivity index (χ4v) is 4.65. The first kappa shape index (κ1) is 28.0. The molecule has 1 aliphatic rings. The number of carbonyl (C=O) groups excluding carboxylic acids is 1. The van der Waals surface area contributed by atoms with Crippen LogP contribution in [-0.4, -0.2) is 29.7 Å². The van der Waals surface area contributed by atoms with Crippen LogP contribution in [0, 0.1) is 0 Å². The van der Waals surface area contributed by atoms with E-state index >= 15 is 0 Å². The van der Waals surface area contributed by atoms with Crippen molar-refractivity contribution in [1.29, 1.82) is 0 Å². The first-order valence-corrected chi connectivity index (χ1v) is 11.8. The Kier molecular flexibility index (Phi) is 7.65. The van der Waals surface area contributed by atoms with E-state index < -0.39 is 40.3 Å². The van der Waals surface area contributed by atoms with Crippen LogP contribution >= 0.6 is 11.6 Å². The molecule has 0 spiro atoms. The van der Waals surface area contributed by atoms with Crippen molar-refractivity contribution in [3.63, 3.8) is 0 Å². The summed E-state index contributed by atoms with van der Waals surface area (Å²) in [6.45, 7) is 3.82. The predicted octanol–water partition coefficient (Wildman–Crippen LogP) is 8.02. The van der Waals surface area contributed by atoms with Crippen LogP contribution in [0.3, 0.4) is 0 Å². The van der Waals surface area contributed by atoms with Crippen LogP contribution in [0.4, 0.5) is 36.8 Å². The highest BCUT2D eigenvalue weighted by Crippen LogP contribution is 2.41. The zero-order valence-electron chi connectivity index (χ0n) is 20.0. The van der Waals surface area contributed by atoms with Crippen LogP contribution in [-0.2, 0) is 11.6 Å². The number of nitrogens with zero attached hydrogens (tertiary/aromatic N) is 2. The van der Waals surface area contributed by atoms with Crippen LogP contribution < -0.4 is 10.1 Å². The Labute approximate surface area is 224 Å². The minimum Gasteiger partial charge on any atom is -0.406 e. The Morgan fingerprint density at radius 2 is 1.72 bits per heavy atom. The molecule has 1 N–H and O–H groups in total. The molecule has 0 saturated heterocycles. The molecule has 3 aromatic rings. The number of anilines is 1. The molecule has 39 heavy (non-hydrogen) atoms. The van der Waals surface area contributed by atoms with Crippen molar-refractivity contribution >= 4 is 29.0 Å². The molecule has 0 bridgehead atoms. The molecule has 204 valence electrons. The molecule has 1 atom stereocenters. The number of hydrogen-bond donors (Lipinski definition) is 1. The maximum atomic E-state index is 13.3. The lowest BCUT2D eigenvalue weighted by atomic mass is 9.72. The number of allylic oxidation sites excluding steroid dienone is 1. The molecule has 5 nitrogen and oxygen atoms in total. The number of urea groups is 1. The second kappa shape index (κ2) is 10.6. The number of hydrazone groups is 1. The van der Waals surface area contributed by atoms with Crippen molar-refractivity contribution < 1.29 is 35.9 Å². The maximum absolute atomic E-state index is 13.3. The lowest BCUT2D eigenvalue weighted by Gasteiger charge is -2.30. The van der Waals surface area contributed by atoms with E-state index in [0.717, 1.165) is 34.8 Å². The first-order chi connectivity index (χ1) is 18.3. The van der Waals surface area contributed by atoms with Crippen LogP contribution in [0.5, 0.6) is 5.75 Å². The Hall–Kier alpha value is -3.99. The van der Waals surface area contributed by atoms with Gasteiger partial charge in [-0.2, -0.15) is 18.3 Å². The summed E-state index contributed by atoms with van der Waals surface area (Å²) in [4.78, 5) is 13.2. The lowest BCUT2D eigenvalue weighted by Crippen LogP contribution is -2.41. The topological polar surface area (TPSA) is 53.9 Å². The second-order valence-corrected chi connectivity index (χ2v) is 9.05. The molecular formula is C27H20ClF6N3O2. The lowest BCUT2D eigenvalue weighted by molar-refractivity contribution is -0.274. The van der Waals surface area contributed by atoms with E-state index in [-0.39, 0.29) is 24.2 Å². The Morgan fingerprint density at radius 1 is 1.05 bits per heavy atom. The Morgan fingerprint density at radius 3 is 2.28 bits per heavy atom. The maximum Gasteiger partial charge on any atom is 0.573 e. The fraction of sp³-hybridized carbons (Fsp3) is 0.185. The molecule has 0 aromatic heterocycles. The van der Waals surface area contributed by atoms with E-state index in [2.05, 4.69) is 21.7 Å². The van der Waals surface area contributed by atoms with Gasteiger partial charge in [-0.3, -0.25) is 0 Å². The molecule has 0 fully saturated rings. The number of ether oxygens (including phenoxy) is 1. The summed E-state index contributed by atoms with van der Waals surface area (Å²) in [5, 5.41) is 7.63. The third-order valence-corrected chi connectivity index (χ3v) is 6.35. The van der Waals surface area contributed by atoms with Gasteiger partial charge in [0.2, 0.25) is 0 Å². The monoisotopic (exact) mass is 567 g/mol. The van der Waals surface area contributed by atoms with Crippen molar-refractivity contribution in [2.75, 3.05) is 11.9 Å². The average molecular weight is 568 g/mol. The number of hydrogen-bond acceptors (Lipinski definition) is 3. The summed E-state index contributed by atoms with van der Waals surface area (Å²) < 4.78 is 81.1. The Bertz CT molecular complexity index is 1390. The summed E-state index contributed by atoms with van der Waals surface area (Å²) in [5.74, 6) is -0.463. The number of alkyl halides is 6. The molecule has 0 aliphatic carbocycles. The molecule has 1 heterocycles. The minimum atomic E-state index is -4.86. The molecule has 0 radical (unpaired) electrons. The van der Waals surface area contributed by atoms with Gasteiger partial charge >= 0.3 is 18.6 Å². The van der Waals surface area contributed by atoms with E-state index in [1.165, 1.54) is 18.2 Å². The summed E-state index contributed by atoms with van der Waals surface area (Å²) >= 11 is 6.00. The van der Waals surface area contributed by atoms with Crippen molar-refractivity contribution in [3.8, 4) is 5.75 Å². The highest BCUT2D eigenvalue weighted by Gasteiger charge is 2.46. The Balaban J connectivity index is 1.70. The van der Waals surface area contributed by atoms with Crippen LogP contribution in [0.2, 0.25) is 5.02 Å². The van der Waals surface area contributed by atoms with Gasteiger partial charge in [0.25, 0.3) is 0 Å². The zero-order chi connectivity index (χ0) is 28.4. The van der Waals surface area contributed by atoms with E-state index in [1.54, 1.807) is 24.3 Å². The zero-order valence-corrected chi connectivity index (χ0v) is 20.7. The first-order valence-electron chi connectivity index (χ1n) is 11.4. The molecule has 4 rings (SSSR count). The molecule has 12 heteroatoms. The van der Waals surface area contributed by atoms with Crippen molar-refractivity contribution in [3.05, 3.63) is 107 Å². The molecule has 0 saturated carbocycles. The highest BCUT2D eigenvalue weighted by molar-refractivity contribution is 6.32. The van der Waals surface area contributed by atoms with Crippen LogP contribution in [0.1, 0.15) is 23.1 Å². The van der Waals surface area contributed by atoms with Crippen LogP contribution in [0.25, 0.3) is 0 Å². The van der Waals surface area contributed by atoms with E-state index in [9.17, 15) is 31.1 Å². The van der Waals surface area contributed by atoms with E-state index in [4.69, 9.17) is 11.6 Å². The van der Waals surface area contributed by atoms with Crippen molar-refractivity contribution in [1.82, 2.24) is 5.01 Å². The van der Waals surface area contributed by atoms with Gasteiger partial charge in [-0.15, -0.1) is 19.8 Å². The van der Waals surface area contributed by atoms with Crippen molar-refractivity contribution in [2.24, 2.45) is 5.10 Å². The number of benzene rings is 3. The standard InChI is InChI=1S/C27H20ClF6N3O2/c1-2-14-25(18-6-4-3-5-7-18)16-37(24(38)35-19-9-11-20(12-10-19)39-27(32,33)34)36-23(25)17-8-13-21(22(28)15-17)26(29,30)31/h2-13,15H,1,14,16H2,(H,35,38). The molecule has 3 aromatic carbocycles. The smallest absolute Gasteiger partial charge is 0.406 e. The summed E-state index contributed by atoms with van der Waals surface area (Å²) in [6.07, 6.45) is -7.62. The second-order valence-electron chi connectivity index (χ2n) is 8.64. The average Bonchev–Trinajstić information content (AvgIpc) is 3.25. The molecular weight excluding hydrogens is 548 g/mol. The van der Waals surface area contributed by atoms with Gasteiger partial charge in [0.05, 0.1) is 28.3 Å². The fourth-order valence-electron chi connectivity index (χ4n) is 4.36. The van der Waals surface area contributed by atoms with Crippen molar-refractivity contribution in [2.45, 2.75) is 24.4 Å². The van der Waals surface area contributed by atoms with Gasteiger partial charge in [0.15, 0.2) is 0 Å². The number of rotatable bonds is 6. The minimum absolute atomic E-state index is 0.00188. The number of nitrogens with one attached hydrogen (secondary N) is 1. The van der Waals surface area contributed by atoms with Gasteiger partial charge in [0.1, 0.15) is 5.75 Å². The van der Waals surface area contributed by atoms with Crippen LogP contribution in [0.15, 0.2) is 90.6 Å². The molecule has 2 amide bonds. The normalized spacial score (nSPS) is 17.5. The van der Waals surface area contributed by atoms with E-state index in [1.807, 2.05) is 12.1 Å².